The van der Waals surface area contributed by atoms with Gasteiger partial charge in [0.15, 0.2) is 5.16 Å². The number of aryl methyl sites for hydroxylation is 1. The van der Waals surface area contributed by atoms with Gasteiger partial charge in [-0.05, 0) is 49.6 Å². The molecule has 3 aliphatic rings. The Balaban J connectivity index is 0.000000164. The first-order valence-corrected chi connectivity index (χ1v) is 17.4. The summed E-state index contributed by atoms with van der Waals surface area (Å²) in [4.78, 5) is 16.3. The molecule has 10 heteroatoms. The molecule has 6 atom stereocenters. The third kappa shape index (κ3) is 6.42. The van der Waals surface area contributed by atoms with E-state index in [-0.39, 0.29) is 11.8 Å². The van der Waals surface area contributed by atoms with Crippen molar-refractivity contribution >= 4 is 32.7 Å². The standard InChI is InChI=1S/C20H25N2O.C17H19N3O3S/c1-3-14-13-22(2)11-9-15(14)12-19(22)20(23)17-8-10-21-18-7-5-4-6-16(17)18;1-10-8-18-15(11(2)16(10)23-4)9-24(21)17-19-13-6-5-12(22-3)7-14(13)20-17/h3-8,10,14-15,19-20,23H,1,9,11-13H2,2H3;5-8H,9H2,1-4H3,(H,19,20)/q+1;/t14-,15-,19+,20-,22?;24-/m00/s1. The summed E-state index contributed by atoms with van der Waals surface area (Å²) in [6.45, 7) is 10.2. The highest BCUT2D eigenvalue weighted by molar-refractivity contribution is 7.84. The molecule has 0 saturated carbocycles. The van der Waals surface area contributed by atoms with Crippen LogP contribution in [-0.2, 0) is 16.6 Å². The first kappa shape index (κ1) is 32.8. The molecule has 2 bridgehead atoms. The molecular formula is C37H44N5O4S+. The Hall–Kier alpha value is -4.12. The largest absolute Gasteiger partial charge is 0.497 e. The second-order valence-electron chi connectivity index (χ2n) is 13.0. The van der Waals surface area contributed by atoms with Crippen LogP contribution in [0.15, 0.2) is 78.7 Å². The number of ether oxygens (including phenoxy) is 2. The van der Waals surface area contributed by atoms with E-state index in [4.69, 9.17) is 9.47 Å². The number of piperidine rings is 3. The van der Waals surface area contributed by atoms with Crippen molar-refractivity contribution in [3.63, 3.8) is 0 Å². The molecule has 3 fully saturated rings. The van der Waals surface area contributed by atoms with E-state index >= 15 is 0 Å². The van der Waals surface area contributed by atoms with Crippen molar-refractivity contribution in [1.82, 2.24) is 19.9 Å². The number of likely N-dealkylation sites (N-methyl/N-ethyl adjacent to an activating group) is 1. The molecule has 2 N–H and O–H groups in total. The average Bonchev–Trinajstić information content (AvgIpc) is 3.53. The van der Waals surface area contributed by atoms with E-state index in [0.29, 0.717) is 17.0 Å². The van der Waals surface area contributed by atoms with Crippen LogP contribution in [0, 0.1) is 25.7 Å². The van der Waals surface area contributed by atoms with Crippen molar-refractivity contribution in [2.45, 2.75) is 49.7 Å². The number of hydrogen-bond donors (Lipinski definition) is 2. The fourth-order valence-corrected chi connectivity index (χ4v) is 8.58. The number of aromatic nitrogens is 4. The number of rotatable bonds is 8. The summed E-state index contributed by atoms with van der Waals surface area (Å²) in [6, 6.07) is 15.9. The number of benzene rings is 2. The van der Waals surface area contributed by atoms with Gasteiger partial charge >= 0.3 is 0 Å². The summed E-state index contributed by atoms with van der Waals surface area (Å²) in [7, 11) is 4.22. The molecule has 246 valence electrons. The first-order chi connectivity index (χ1) is 22.6. The van der Waals surface area contributed by atoms with Crippen LogP contribution in [0.25, 0.3) is 21.9 Å². The fourth-order valence-electron chi connectivity index (χ4n) is 7.48. The van der Waals surface area contributed by atoms with Gasteiger partial charge in [-0.3, -0.25) is 14.2 Å². The Bertz CT molecular complexity index is 1940. The predicted octanol–water partition coefficient (Wildman–Crippen LogP) is 6.21. The number of fused-ring (bicyclic) bond motifs is 5. The van der Waals surface area contributed by atoms with Gasteiger partial charge in [-0.2, -0.15) is 0 Å². The van der Waals surface area contributed by atoms with E-state index in [1.165, 1.54) is 13.0 Å². The lowest BCUT2D eigenvalue weighted by molar-refractivity contribution is -0.956. The summed E-state index contributed by atoms with van der Waals surface area (Å²) >= 11 is 0. The van der Waals surface area contributed by atoms with E-state index < -0.39 is 16.9 Å². The van der Waals surface area contributed by atoms with E-state index in [1.807, 2.05) is 62.5 Å². The van der Waals surface area contributed by atoms with E-state index in [0.717, 1.165) is 73.3 Å². The smallest absolute Gasteiger partial charge is 0.197 e. The van der Waals surface area contributed by atoms with Crippen LogP contribution in [0.3, 0.4) is 0 Å². The fraction of sp³-hybridized carbons (Fsp3) is 0.378. The second-order valence-corrected chi connectivity index (χ2v) is 14.3. The van der Waals surface area contributed by atoms with Gasteiger partial charge in [0.05, 0.1) is 73.2 Å². The van der Waals surface area contributed by atoms with Crippen LogP contribution in [0.2, 0.25) is 0 Å². The Kier molecular flexibility index (Phi) is 9.46. The molecule has 8 rings (SSSR count). The Morgan fingerprint density at radius 3 is 2.68 bits per heavy atom. The quantitative estimate of drug-likeness (QED) is 0.151. The molecule has 47 heavy (non-hydrogen) atoms. The lowest BCUT2D eigenvalue weighted by Gasteiger charge is -2.56. The maximum atomic E-state index is 12.7. The average molecular weight is 655 g/mol. The number of quaternary nitrogens is 1. The molecule has 1 unspecified atom stereocenters. The molecule has 0 radical (unpaired) electrons. The Morgan fingerprint density at radius 1 is 1.13 bits per heavy atom. The maximum absolute atomic E-state index is 12.7. The van der Waals surface area contributed by atoms with E-state index in [2.05, 4.69) is 45.7 Å². The number of H-pyrrole nitrogens is 1. The summed E-state index contributed by atoms with van der Waals surface area (Å²) in [5.41, 5.74) is 6.15. The molecule has 3 aliphatic heterocycles. The zero-order valence-electron chi connectivity index (χ0n) is 27.8. The van der Waals surface area contributed by atoms with Gasteiger partial charge in [0.2, 0.25) is 0 Å². The molecular weight excluding hydrogens is 611 g/mol. The van der Waals surface area contributed by atoms with Crippen LogP contribution in [-0.4, -0.2) is 74.1 Å². The summed E-state index contributed by atoms with van der Waals surface area (Å²) in [5.74, 6) is 3.07. The van der Waals surface area contributed by atoms with Crippen LogP contribution in [0.4, 0.5) is 0 Å². The van der Waals surface area contributed by atoms with Gasteiger partial charge in [-0.1, -0.05) is 24.3 Å². The van der Waals surface area contributed by atoms with Gasteiger partial charge in [0, 0.05) is 53.7 Å². The molecule has 0 spiro atoms. The second kappa shape index (κ2) is 13.5. The molecule has 5 aromatic rings. The lowest BCUT2D eigenvalue weighted by atomic mass is 9.72. The third-order valence-electron chi connectivity index (χ3n) is 10.2. The monoisotopic (exact) mass is 654 g/mol. The number of hydrogen-bond acceptors (Lipinski definition) is 7. The number of para-hydroxylation sites is 1. The highest BCUT2D eigenvalue weighted by Crippen LogP contribution is 2.45. The number of aliphatic hydroxyl groups is 1. The van der Waals surface area contributed by atoms with E-state index in [9.17, 15) is 9.32 Å². The van der Waals surface area contributed by atoms with Crippen molar-refractivity contribution in [3.05, 3.63) is 96.0 Å². The Labute approximate surface area is 278 Å². The van der Waals surface area contributed by atoms with Crippen molar-refractivity contribution in [3.8, 4) is 11.5 Å². The van der Waals surface area contributed by atoms with Gasteiger partial charge in [0.25, 0.3) is 0 Å². The number of imidazole rings is 1. The zero-order chi connectivity index (χ0) is 33.3. The number of nitrogens with zero attached hydrogens (tertiary/aromatic N) is 4. The van der Waals surface area contributed by atoms with Gasteiger partial charge in [0.1, 0.15) is 23.6 Å². The minimum Gasteiger partial charge on any atom is -0.497 e. The number of aromatic amines is 1. The minimum atomic E-state index is -1.33. The molecule has 0 amide bonds. The van der Waals surface area contributed by atoms with Crippen LogP contribution < -0.4 is 9.47 Å². The highest BCUT2D eigenvalue weighted by Gasteiger charge is 2.51. The van der Waals surface area contributed by atoms with Crippen molar-refractivity contribution in [1.29, 1.82) is 0 Å². The molecule has 0 aliphatic carbocycles. The summed E-state index contributed by atoms with van der Waals surface area (Å²) in [5, 5.41) is 12.7. The minimum absolute atomic E-state index is 0.274. The SMILES string of the molecule is C=C[C@H]1C[N+]2(C)CC[C@H]1C[C@@H]2[C@@H](O)c1ccnc2ccccc12.COc1ccc2nc([S@@](=O)Cc3ncc(C)c(OC)c3C)[nH]c2c1. The molecule has 9 nitrogen and oxygen atoms in total. The number of nitrogens with one attached hydrogen (secondary N) is 1. The first-order valence-electron chi connectivity index (χ1n) is 16.1. The van der Waals surface area contributed by atoms with Gasteiger partial charge in [-0.15, -0.1) is 6.58 Å². The van der Waals surface area contributed by atoms with Crippen molar-refractivity contribution < 1.29 is 23.3 Å². The Morgan fingerprint density at radius 2 is 1.94 bits per heavy atom. The zero-order valence-corrected chi connectivity index (χ0v) is 28.6. The van der Waals surface area contributed by atoms with Crippen LogP contribution in [0.1, 0.15) is 41.3 Å². The molecule has 3 aromatic heterocycles. The van der Waals surface area contributed by atoms with Crippen molar-refractivity contribution in [2.75, 3.05) is 34.4 Å². The van der Waals surface area contributed by atoms with E-state index in [1.54, 1.807) is 20.4 Å². The predicted molar refractivity (Wildman–Crippen MR) is 186 cm³/mol. The van der Waals surface area contributed by atoms with Gasteiger partial charge < -0.3 is 24.0 Å². The summed E-state index contributed by atoms with van der Waals surface area (Å²) in [6.07, 6.45) is 7.61. The molecule has 3 saturated heterocycles. The topological polar surface area (TPSA) is 110 Å². The summed E-state index contributed by atoms with van der Waals surface area (Å²) < 4.78 is 24.2. The van der Waals surface area contributed by atoms with Crippen molar-refractivity contribution in [2.24, 2.45) is 11.8 Å². The lowest BCUT2D eigenvalue weighted by Crippen LogP contribution is -2.66. The number of methoxy groups -OCH3 is 2. The van der Waals surface area contributed by atoms with Crippen LogP contribution >= 0.6 is 0 Å². The third-order valence-corrected chi connectivity index (χ3v) is 11.3. The highest BCUT2D eigenvalue weighted by atomic mass is 32.2. The number of aliphatic hydroxyl groups excluding tert-OH is 1. The van der Waals surface area contributed by atoms with Gasteiger partial charge in [-0.25, -0.2) is 4.98 Å². The maximum Gasteiger partial charge on any atom is 0.197 e. The van der Waals surface area contributed by atoms with Crippen LogP contribution in [0.5, 0.6) is 11.5 Å². The molecule has 6 heterocycles. The normalized spacial score (nSPS) is 23.1. The number of pyridine rings is 2. The molecule has 2 aromatic carbocycles.